The van der Waals surface area contributed by atoms with Crippen molar-refractivity contribution in [3.05, 3.63) is 64.2 Å². The van der Waals surface area contributed by atoms with Gasteiger partial charge in [-0.15, -0.1) is 0 Å². The summed E-state index contributed by atoms with van der Waals surface area (Å²) in [6.45, 7) is 7.35. The molecule has 0 radical (unpaired) electrons. The van der Waals surface area contributed by atoms with E-state index in [0.29, 0.717) is 10.7 Å². The van der Waals surface area contributed by atoms with Crippen molar-refractivity contribution < 1.29 is 13.2 Å². The third-order valence-electron chi connectivity index (χ3n) is 4.75. The Kier molecular flexibility index (Phi) is 7.12. The fourth-order valence-corrected chi connectivity index (χ4v) is 4.33. The lowest BCUT2D eigenvalue weighted by molar-refractivity contribution is -0.122. The molecule has 0 bridgehead atoms. The first-order valence-electron chi connectivity index (χ1n) is 9.19. The summed E-state index contributed by atoms with van der Waals surface area (Å²) in [6, 6.07) is 11.8. The van der Waals surface area contributed by atoms with Gasteiger partial charge < -0.3 is 5.32 Å². The van der Waals surface area contributed by atoms with Crippen LogP contribution in [-0.2, 0) is 21.2 Å². The van der Waals surface area contributed by atoms with E-state index in [9.17, 15) is 13.2 Å². The third kappa shape index (κ3) is 5.26. The largest absolute Gasteiger partial charge is 0.348 e. The van der Waals surface area contributed by atoms with Gasteiger partial charge in [-0.1, -0.05) is 48.9 Å². The molecule has 0 unspecified atom stereocenters. The lowest BCUT2D eigenvalue weighted by Crippen LogP contribution is -2.48. The molecule has 2 aromatic rings. The number of halogens is 1. The number of amides is 1. The van der Waals surface area contributed by atoms with Crippen LogP contribution in [0.15, 0.2) is 42.5 Å². The molecular weight excluding hydrogens is 396 g/mol. The Morgan fingerprint density at radius 2 is 1.75 bits per heavy atom. The fourth-order valence-electron chi connectivity index (χ4n) is 2.99. The highest BCUT2D eigenvalue weighted by Gasteiger charge is 2.30. The molecule has 152 valence electrons. The number of nitrogens with one attached hydrogen (secondary N) is 1. The summed E-state index contributed by atoms with van der Waals surface area (Å²) in [5.41, 5.74) is 3.37. The van der Waals surface area contributed by atoms with Gasteiger partial charge in [-0.3, -0.25) is 9.10 Å². The summed E-state index contributed by atoms with van der Waals surface area (Å²) < 4.78 is 25.9. The topological polar surface area (TPSA) is 66.5 Å². The van der Waals surface area contributed by atoms with Crippen molar-refractivity contribution in [1.29, 1.82) is 0 Å². The Labute approximate surface area is 172 Å². The van der Waals surface area contributed by atoms with E-state index >= 15 is 0 Å². The minimum absolute atomic E-state index is 0.246. The Bertz CT molecular complexity index is 943. The standard InChI is InChI=1S/C21H27ClN2O3S/c1-6-17-8-10-18(11-9-17)15(3)23-21(25)16(4)24(28(5,26)27)19-12-7-14(2)20(22)13-19/h7-13,15-16H,6H2,1-5H3,(H,23,25)/t15-,16+/m0/s1. The number of hydrogen-bond donors (Lipinski definition) is 1. The molecule has 0 spiro atoms. The van der Waals surface area contributed by atoms with E-state index in [-0.39, 0.29) is 11.9 Å². The minimum atomic E-state index is -3.69. The molecule has 0 heterocycles. The van der Waals surface area contributed by atoms with Gasteiger partial charge in [0.15, 0.2) is 0 Å². The van der Waals surface area contributed by atoms with Crippen LogP contribution in [0.3, 0.4) is 0 Å². The van der Waals surface area contributed by atoms with Gasteiger partial charge in [0.1, 0.15) is 6.04 Å². The maximum absolute atomic E-state index is 12.8. The summed E-state index contributed by atoms with van der Waals surface area (Å²) in [7, 11) is -3.69. The van der Waals surface area contributed by atoms with Crippen LogP contribution in [-0.4, -0.2) is 26.6 Å². The Morgan fingerprint density at radius 3 is 2.25 bits per heavy atom. The van der Waals surface area contributed by atoms with Gasteiger partial charge >= 0.3 is 0 Å². The van der Waals surface area contributed by atoms with Gasteiger partial charge in [-0.25, -0.2) is 8.42 Å². The highest BCUT2D eigenvalue weighted by molar-refractivity contribution is 7.92. The summed E-state index contributed by atoms with van der Waals surface area (Å²) in [5.74, 6) is -0.380. The maximum Gasteiger partial charge on any atom is 0.244 e. The number of anilines is 1. The summed E-state index contributed by atoms with van der Waals surface area (Å²) in [5, 5.41) is 3.35. The first kappa shape index (κ1) is 22.2. The van der Waals surface area contributed by atoms with E-state index < -0.39 is 16.1 Å². The van der Waals surface area contributed by atoms with Crippen molar-refractivity contribution in [2.45, 2.75) is 46.2 Å². The van der Waals surface area contributed by atoms with E-state index in [1.807, 2.05) is 38.1 Å². The maximum atomic E-state index is 12.8. The van der Waals surface area contributed by atoms with Gasteiger partial charge in [0.05, 0.1) is 18.0 Å². The zero-order valence-corrected chi connectivity index (χ0v) is 18.4. The van der Waals surface area contributed by atoms with Crippen molar-refractivity contribution >= 4 is 33.2 Å². The zero-order valence-electron chi connectivity index (χ0n) is 16.9. The first-order valence-corrected chi connectivity index (χ1v) is 11.4. The molecule has 0 aliphatic carbocycles. The van der Waals surface area contributed by atoms with Crippen molar-refractivity contribution in [1.82, 2.24) is 5.32 Å². The molecular formula is C21H27ClN2O3S. The number of aryl methyl sites for hydroxylation is 2. The quantitative estimate of drug-likeness (QED) is 0.725. The predicted octanol–water partition coefficient (Wildman–Crippen LogP) is 4.24. The molecule has 2 rings (SSSR count). The SMILES string of the molecule is CCc1ccc([C@H](C)NC(=O)[C@@H](C)N(c2ccc(C)c(Cl)c2)S(C)(=O)=O)cc1. The van der Waals surface area contributed by atoms with Crippen LogP contribution in [0.5, 0.6) is 0 Å². The van der Waals surface area contributed by atoms with E-state index in [2.05, 4.69) is 12.2 Å². The molecule has 2 atom stereocenters. The Morgan fingerprint density at radius 1 is 1.14 bits per heavy atom. The average molecular weight is 423 g/mol. The highest BCUT2D eigenvalue weighted by atomic mass is 35.5. The summed E-state index contributed by atoms with van der Waals surface area (Å²) in [6.07, 6.45) is 2.03. The molecule has 0 saturated heterocycles. The number of hydrogen-bond acceptors (Lipinski definition) is 3. The highest BCUT2D eigenvalue weighted by Crippen LogP contribution is 2.27. The normalized spacial score (nSPS) is 13.6. The number of carbonyl (C=O) groups is 1. The lowest BCUT2D eigenvalue weighted by Gasteiger charge is -2.29. The molecule has 0 aliphatic heterocycles. The van der Waals surface area contributed by atoms with E-state index in [1.165, 1.54) is 5.56 Å². The average Bonchev–Trinajstić information content (AvgIpc) is 2.63. The van der Waals surface area contributed by atoms with Gasteiger partial charge in [0.25, 0.3) is 0 Å². The molecule has 28 heavy (non-hydrogen) atoms. The van der Waals surface area contributed by atoms with Crippen molar-refractivity contribution in [2.24, 2.45) is 0 Å². The Balaban J connectivity index is 2.24. The van der Waals surface area contributed by atoms with E-state index in [1.54, 1.807) is 25.1 Å². The number of benzene rings is 2. The minimum Gasteiger partial charge on any atom is -0.348 e. The second-order valence-corrected chi connectivity index (χ2v) is 9.26. The van der Waals surface area contributed by atoms with Crippen LogP contribution in [0.2, 0.25) is 5.02 Å². The van der Waals surface area contributed by atoms with Gasteiger partial charge in [0.2, 0.25) is 15.9 Å². The van der Waals surface area contributed by atoms with Gasteiger partial charge in [-0.05, 0) is 56.0 Å². The fraction of sp³-hybridized carbons (Fsp3) is 0.381. The number of nitrogens with zero attached hydrogens (tertiary/aromatic N) is 1. The molecule has 7 heteroatoms. The van der Waals surface area contributed by atoms with Crippen molar-refractivity contribution in [3.63, 3.8) is 0 Å². The number of carbonyl (C=O) groups excluding carboxylic acids is 1. The van der Waals surface area contributed by atoms with Crippen LogP contribution in [0.1, 0.15) is 43.5 Å². The monoisotopic (exact) mass is 422 g/mol. The second-order valence-electron chi connectivity index (χ2n) is 6.99. The third-order valence-corrected chi connectivity index (χ3v) is 6.39. The first-order chi connectivity index (χ1) is 13.0. The van der Waals surface area contributed by atoms with Crippen LogP contribution < -0.4 is 9.62 Å². The van der Waals surface area contributed by atoms with Crippen molar-refractivity contribution in [3.8, 4) is 0 Å². The van der Waals surface area contributed by atoms with Gasteiger partial charge in [-0.2, -0.15) is 0 Å². The number of sulfonamides is 1. The lowest BCUT2D eigenvalue weighted by atomic mass is 10.0. The second kappa shape index (κ2) is 8.97. The zero-order chi connectivity index (χ0) is 21.1. The van der Waals surface area contributed by atoms with E-state index in [4.69, 9.17) is 11.6 Å². The molecule has 0 aromatic heterocycles. The van der Waals surface area contributed by atoms with Gasteiger partial charge in [0, 0.05) is 5.02 Å². The summed E-state index contributed by atoms with van der Waals surface area (Å²) >= 11 is 6.16. The van der Waals surface area contributed by atoms with Crippen molar-refractivity contribution in [2.75, 3.05) is 10.6 Å². The molecule has 0 fully saturated rings. The van der Waals surface area contributed by atoms with Crippen LogP contribution in [0.25, 0.3) is 0 Å². The van der Waals surface area contributed by atoms with Crippen LogP contribution in [0.4, 0.5) is 5.69 Å². The van der Waals surface area contributed by atoms with Crippen LogP contribution in [0, 0.1) is 6.92 Å². The molecule has 0 aliphatic rings. The number of rotatable bonds is 7. The smallest absolute Gasteiger partial charge is 0.244 e. The molecule has 0 saturated carbocycles. The molecule has 5 nitrogen and oxygen atoms in total. The van der Waals surface area contributed by atoms with E-state index in [0.717, 1.165) is 28.1 Å². The predicted molar refractivity (Wildman–Crippen MR) is 115 cm³/mol. The molecule has 1 amide bonds. The molecule has 2 aromatic carbocycles. The summed E-state index contributed by atoms with van der Waals surface area (Å²) in [4.78, 5) is 12.8. The molecule has 1 N–H and O–H groups in total. The Hall–Kier alpha value is -2.05. The van der Waals surface area contributed by atoms with Crippen LogP contribution >= 0.6 is 11.6 Å².